The van der Waals surface area contributed by atoms with Crippen LogP contribution in [0.4, 0.5) is 4.39 Å². The number of rotatable bonds is 8. The lowest BCUT2D eigenvalue weighted by atomic mass is 9.90. The number of nitrogens with one attached hydrogen (secondary N) is 1. The Balaban J connectivity index is 1.81. The summed E-state index contributed by atoms with van der Waals surface area (Å²) < 4.78 is 12.9. The summed E-state index contributed by atoms with van der Waals surface area (Å²) in [6, 6.07) is 6.26. The van der Waals surface area contributed by atoms with Gasteiger partial charge in [-0.05, 0) is 38.0 Å². The van der Waals surface area contributed by atoms with Gasteiger partial charge in [-0.2, -0.15) is 0 Å². The molecule has 0 spiro atoms. The summed E-state index contributed by atoms with van der Waals surface area (Å²) in [5.41, 5.74) is 0.774. The van der Waals surface area contributed by atoms with Crippen LogP contribution in [0.25, 0.3) is 0 Å². The van der Waals surface area contributed by atoms with Crippen LogP contribution in [0.15, 0.2) is 29.6 Å². The van der Waals surface area contributed by atoms with Gasteiger partial charge in [-0.25, -0.2) is 9.37 Å². The number of amides is 1. The molecule has 0 saturated carbocycles. The molecule has 0 saturated heterocycles. The molecule has 5 nitrogen and oxygen atoms in total. The Morgan fingerprint density at radius 1 is 1.28 bits per heavy atom. The lowest BCUT2D eigenvalue weighted by Crippen LogP contribution is -2.32. The highest BCUT2D eigenvalue weighted by Crippen LogP contribution is 2.19. The number of aromatic nitrogens is 1. The lowest BCUT2D eigenvalue weighted by Gasteiger charge is -2.18. The predicted molar refractivity (Wildman–Crippen MR) is 94.1 cm³/mol. The Hall–Kier alpha value is -2.28. The minimum absolute atomic E-state index is 0.160. The molecule has 2 N–H and O–H groups in total. The second-order valence-electron chi connectivity index (χ2n) is 6.50. The van der Waals surface area contributed by atoms with Crippen molar-refractivity contribution in [1.29, 1.82) is 0 Å². The van der Waals surface area contributed by atoms with Gasteiger partial charge < -0.3 is 10.4 Å². The first kappa shape index (κ1) is 19.1. The van der Waals surface area contributed by atoms with E-state index in [4.69, 9.17) is 5.11 Å². The number of carboxylic acids is 1. The topological polar surface area (TPSA) is 79.3 Å². The highest BCUT2D eigenvalue weighted by atomic mass is 32.1. The average Bonchev–Trinajstić information content (AvgIpc) is 2.96. The monoisotopic (exact) mass is 364 g/mol. The Morgan fingerprint density at radius 2 is 1.96 bits per heavy atom. The molecule has 1 heterocycles. The molecule has 1 amide bonds. The lowest BCUT2D eigenvalue weighted by molar-refractivity contribution is -0.147. The Bertz CT molecular complexity index is 741. The number of carboxylic acid groups (broad SMARTS) is 1. The number of aliphatic carboxylic acids is 1. The van der Waals surface area contributed by atoms with Gasteiger partial charge in [0, 0.05) is 18.3 Å². The van der Waals surface area contributed by atoms with E-state index in [2.05, 4.69) is 10.3 Å². The van der Waals surface area contributed by atoms with Crippen molar-refractivity contribution in [2.75, 3.05) is 6.54 Å². The smallest absolute Gasteiger partial charge is 0.309 e. The molecule has 0 aliphatic carbocycles. The van der Waals surface area contributed by atoms with Crippen molar-refractivity contribution >= 4 is 23.2 Å². The fourth-order valence-corrected chi connectivity index (χ4v) is 2.96. The number of nitrogens with zero attached hydrogens (tertiary/aromatic N) is 1. The van der Waals surface area contributed by atoms with Crippen LogP contribution in [0.3, 0.4) is 0 Å². The van der Waals surface area contributed by atoms with E-state index in [-0.39, 0.29) is 18.1 Å². The first-order valence-electron chi connectivity index (χ1n) is 7.94. The van der Waals surface area contributed by atoms with Gasteiger partial charge in [0.05, 0.1) is 22.5 Å². The van der Waals surface area contributed by atoms with Crippen LogP contribution in [0.5, 0.6) is 0 Å². The number of halogens is 1. The highest BCUT2D eigenvalue weighted by Gasteiger charge is 2.26. The van der Waals surface area contributed by atoms with Crippen LogP contribution in [0.2, 0.25) is 0 Å². The quantitative estimate of drug-likeness (QED) is 0.755. The maximum absolute atomic E-state index is 12.9. The summed E-state index contributed by atoms with van der Waals surface area (Å²) in [6.07, 6.45) is 1.12. The van der Waals surface area contributed by atoms with Crippen LogP contribution < -0.4 is 5.32 Å². The maximum Gasteiger partial charge on any atom is 0.309 e. The molecular formula is C18H21FN2O3S. The first-order valence-corrected chi connectivity index (χ1v) is 8.82. The molecule has 0 aliphatic rings. The Kier molecular flexibility index (Phi) is 6.25. The van der Waals surface area contributed by atoms with E-state index in [9.17, 15) is 14.0 Å². The van der Waals surface area contributed by atoms with Crippen molar-refractivity contribution < 1.29 is 19.1 Å². The molecule has 1 aromatic carbocycles. The number of carbonyl (C=O) groups excluding carboxylic acids is 1. The van der Waals surface area contributed by atoms with Crippen LogP contribution in [0, 0.1) is 11.2 Å². The van der Waals surface area contributed by atoms with Gasteiger partial charge in [-0.1, -0.05) is 12.1 Å². The minimum Gasteiger partial charge on any atom is -0.481 e. The molecule has 25 heavy (non-hydrogen) atoms. The average molecular weight is 364 g/mol. The van der Waals surface area contributed by atoms with Crippen LogP contribution in [0.1, 0.15) is 36.5 Å². The number of thiazole rings is 1. The van der Waals surface area contributed by atoms with Gasteiger partial charge in [-0.15, -0.1) is 11.3 Å². The van der Waals surface area contributed by atoms with Crippen molar-refractivity contribution in [3.8, 4) is 0 Å². The first-order chi connectivity index (χ1) is 11.8. The zero-order valence-corrected chi connectivity index (χ0v) is 15.0. The molecule has 1 aromatic heterocycles. The van der Waals surface area contributed by atoms with E-state index in [1.807, 2.05) is 5.38 Å². The molecule has 0 radical (unpaired) electrons. The molecule has 0 unspecified atom stereocenters. The summed E-state index contributed by atoms with van der Waals surface area (Å²) in [4.78, 5) is 27.4. The van der Waals surface area contributed by atoms with Gasteiger partial charge in [0.1, 0.15) is 5.82 Å². The normalized spacial score (nSPS) is 11.3. The largest absolute Gasteiger partial charge is 0.481 e. The van der Waals surface area contributed by atoms with E-state index in [0.717, 1.165) is 10.6 Å². The summed E-state index contributed by atoms with van der Waals surface area (Å²) in [5, 5.41) is 14.5. The van der Waals surface area contributed by atoms with Crippen LogP contribution in [-0.2, 0) is 22.4 Å². The second-order valence-corrected chi connectivity index (χ2v) is 7.44. The fourth-order valence-electron chi connectivity index (χ4n) is 2.14. The van der Waals surface area contributed by atoms with Gasteiger partial charge >= 0.3 is 5.97 Å². The summed E-state index contributed by atoms with van der Waals surface area (Å²) in [6.45, 7) is 3.57. The summed E-state index contributed by atoms with van der Waals surface area (Å²) >= 11 is 1.46. The van der Waals surface area contributed by atoms with Crippen LogP contribution >= 0.6 is 11.3 Å². The van der Waals surface area contributed by atoms with E-state index in [0.29, 0.717) is 25.1 Å². The van der Waals surface area contributed by atoms with Crippen molar-refractivity contribution in [3.63, 3.8) is 0 Å². The van der Waals surface area contributed by atoms with Gasteiger partial charge in [0.15, 0.2) is 0 Å². The third-order valence-electron chi connectivity index (χ3n) is 3.86. The summed E-state index contributed by atoms with van der Waals surface area (Å²) in [5.74, 6) is -1.34. The predicted octanol–water partition coefficient (Wildman–Crippen LogP) is 3.03. The van der Waals surface area contributed by atoms with Crippen molar-refractivity contribution in [2.45, 2.75) is 33.1 Å². The standard InChI is InChI=1S/C18H21FN2O3S/c1-18(2,17(23)24)7-8-20-15(22)10-14-11-25-16(21-14)9-12-3-5-13(19)6-4-12/h3-6,11H,7-10H2,1-2H3,(H,20,22)(H,23,24). The molecule has 0 aliphatic heterocycles. The number of hydrogen-bond donors (Lipinski definition) is 2. The second kappa shape index (κ2) is 8.20. The highest BCUT2D eigenvalue weighted by molar-refractivity contribution is 7.09. The van der Waals surface area contributed by atoms with E-state index in [1.54, 1.807) is 26.0 Å². The molecular weight excluding hydrogens is 343 g/mol. The van der Waals surface area contributed by atoms with Gasteiger partial charge in [0.2, 0.25) is 5.91 Å². The zero-order valence-electron chi connectivity index (χ0n) is 14.2. The molecule has 0 bridgehead atoms. The fraction of sp³-hybridized carbons (Fsp3) is 0.389. The summed E-state index contributed by atoms with van der Waals surface area (Å²) in [7, 11) is 0. The Morgan fingerprint density at radius 3 is 2.60 bits per heavy atom. The van der Waals surface area contributed by atoms with Crippen molar-refractivity contribution in [2.24, 2.45) is 5.41 Å². The third-order valence-corrected chi connectivity index (χ3v) is 4.76. The zero-order chi connectivity index (χ0) is 18.4. The minimum atomic E-state index is -0.883. The molecule has 2 rings (SSSR count). The van der Waals surface area contributed by atoms with Crippen LogP contribution in [-0.4, -0.2) is 28.5 Å². The van der Waals surface area contributed by atoms with Gasteiger partial charge in [-0.3, -0.25) is 9.59 Å². The SMILES string of the molecule is CC(C)(CCNC(=O)Cc1csc(Cc2ccc(F)cc2)n1)C(=O)O. The molecule has 7 heteroatoms. The van der Waals surface area contributed by atoms with E-state index >= 15 is 0 Å². The molecule has 2 aromatic rings. The van der Waals surface area contributed by atoms with Crippen molar-refractivity contribution in [1.82, 2.24) is 10.3 Å². The number of carbonyl (C=O) groups is 2. The maximum atomic E-state index is 12.9. The van der Waals surface area contributed by atoms with E-state index in [1.165, 1.54) is 23.5 Å². The third kappa shape index (κ3) is 5.94. The van der Waals surface area contributed by atoms with E-state index < -0.39 is 11.4 Å². The molecule has 0 fully saturated rings. The van der Waals surface area contributed by atoms with Crippen molar-refractivity contribution in [3.05, 3.63) is 51.7 Å². The number of benzene rings is 1. The number of hydrogen-bond acceptors (Lipinski definition) is 4. The Labute approximate surface area is 149 Å². The molecule has 0 atom stereocenters. The van der Waals surface area contributed by atoms with Gasteiger partial charge in [0.25, 0.3) is 0 Å². The molecule has 134 valence electrons.